The van der Waals surface area contributed by atoms with Crippen molar-refractivity contribution in [2.24, 2.45) is 0 Å². The Morgan fingerprint density at radius 2 is 1.73 bits per heavy atom. The molecule has 1 saturated heterocycles. The first kappa shape index (κ1) is 25.8. The molecule has 0 aliphatic carbocycles. The first-order chi connectivity index (χ1) is 17.7. The molecule has 0 amide bonds. The zero-order chi connectivity index (χ0) is 26.3. The van der Waals surface area contributed by atoms with Gasteiger partial charge in [-0.05, 0) is 64.1 Å². The highest BCUT2D eigenvalue weighted by Crippen LogP contribution is 2.40. The molecule has 3 aromatic heterocycles. The van der Waals surface area contributed by atoms with Crippen LogP contribution in [0.4, 0.5) is 4.39 Å². The first-order valence-electron chi connectivity index (χ1n) is 12.5. The van der Waals surface area contributed by atoms with Gasteiger partial charge in [-0.2, -0.15) is 0 Å². The Morgan fingerprint density at radius 1 is 1.05 bits per heavy atom. The van der Waals surface area contributed by atoms with Crippen molar-refractivity contribution in [2.45, 2.75) is 64.6 Å². The highest BCUT2D eigenvalue weighted by atomic mass is 32.1. The summed E-state index contributed by atoms with van der Waals surface area (Å²) >= 11 is 3.18. The number of aromatic nitrogens is 1. The van der Waals surface area contributed by atoms with E-state index in [9.17, 15) is 9.90 Å². The van der Waals surface area contributed by atoms with E-state index in [0.717, 1.165) is 31.8 Å². The van der Waals surface area contributed by atoms with Crippen LogP contribution in [0.15, 0.2) is 47.3 Å². The third-order valence-corrected chi connectivity index (χ3v) is 8.70. The maximum absolute atomic E-state index is 15.6. The highest BCUT2D eigenvalue weighted by Gasteiger charge is 2.25. The molecule has 0 radical (unpaired) electrons. The smallest absolute Gasteiger partial charge is 0.309 e. The van der Waals surface area contributed by atoms with Gasteiger partial charge in [0.2, 0.25) is 0 Å². The molecular weight excluding hydrogens is 505 g/mol. The second kappa shape index (κ2) is 10.5. The van der Waals surface area contributed by atoms with Crippen LogP contribution in [0.2, 0.25) is 0 Å². The van der Waals surface area contributed by atoms with Crippen molar-refractivity contribution in [3.8, 4) is 20.9 Å². The number of cyclic esters (lactones) is 1. The van der Waals surface area contributed by atoms with Gasteiger partial charge in [-0.25, -0.2) is 4.39 Å². The number of hydrogen-bond donors (Lipinski definition) is 1. The van der Waals surface area contributed by atoms with Crippen LogP contribution in [0, 0.1) is 5.82 Å². The van der Waals surface area contributed by atoms with Crippen LogP contribution in [-0.2, 0) is 9.53 Å². The van der Waals surface area contributed by atoms with Gasteiger partial charge in [-0.1, -0.05) is 33.8 Å². The number of aliphatic hydroxyl groups excluding tert-OH is 1. The number of hydrogen-bond acceptors (Lipinski definition) is 6. The Balaban J connectivity index is 1.63. The molecule has 5 rings (SSSR count). The van der Waals surface area contributed by atoms with Crippen LogP contribution >= 0.6 is 22.7 Å². The number of carbonyl (C=O) groups excluding carboxylic acids is 1. The summed E-state index contributed by atoms with van der Waals surface area (Å²) in [5.74, 6) is 0.0661. The predicted molar refractivity (Wildman–Crippen MR) is 151 cm³/mol. The van der Waals surface area contributed by atoms with Crippen molar-refractivity contribution in [2.75, 3.05) is 0 Å². The van der Waals surface area contributed by atoms with Crippen LogP contribution in [-0.4, -0.2) is 28.3 Å². The summed E-state index contributed by atoms with van der Waals surface area (Å²) in [6.07, 6.45) is 4.59. The van der Waals surface area contributed by atoms with Crippen LogP contribution in [0.3, 0.4) is 0 Å². The summed E-state index contributed by atoms with van der Waals surface area (Å²) in [7, 11) is 0. The molecule has 1 aliphatic rings. The highest BCUT2D eigenvalue weighted by molar-refractivity contribution is 7.14. The van der Waals surface area contributed by atoms with Crippen LogP contribution in [0.5, 0.6) is 0 Å². The van der Waals surface area contributed by atoms with Crippen molar-refractivity contribution in [3.63, 3.8) is 0 Å². The number of esters is 1. The normalized spacial score (nSPS) is 18.4. The summed E-state index contributed by atoms with van der Waals surface area (Å²) in [4.78, 5) is 18.4. The molecular formula is C30H30FNO3S2. The van der Waals surface area contributed by atoms with E-state index < -0.39 is 18.2 Å². The molecule has 4 heterocycles. The topological polar surface area (TPSA) is 59.4 Å². The zero-order valence-corrected chi connectivity index (χ0v) is 23.0. The van der Waals surface area contributed by atoms with Crippen molar-refractivity contribution < 1.29 is 19.0 Å². The number of aliphatic hydroxyl groups is 1. The van der Waals surface area contributed by atoms with Gasteiger partial charge >= 0.3 is 5.97 Å². The Morgan fingerprint density at radius 3 is 2.38 bits per heavy atom. The Bertz CT molecular complexity index is 1480. The third-order valence-electron chi connectivity index (χ3n) is 6.75. The fourth-order valence-corrected chi connectivity index (χ4v) is 6.78. The molecule has 37 heavy (non-hydrogen) atoms. The quantitative estimate of drug-likeness (QED) is 0.253. The molecule has 7 heteroatoms. The van der Waals surface area contributed by atoms with E-state index >= 15 is 4.39 Å². The van der Waals surface area contributed by atoms with Gasteiger partial charge in [0.05, 0.1) is 18.0 Å². The fourth-order valence-electron chi connectivity index (χ4n) is 4.54. The lowest BCUT2D eigenvalue weighted by Crippen LogP contribution is -2.31. The van der Waals surface area contributed by atoms with Crippen LogP contribution < -0.4 is 0 Å². The maximum atomic E-state index is 15.6. The number of ether oxygens (including phenoxy) is 1. The average Bonchev–Trinajstić information content (AvgIpc) is 3.52. The summed E-state index contributed by atoms with van der Waals surface area (Å²) < 4.78 is 21.0. The minimum atomic E-state index is -0.711. The van der Waals surface area contributed by atoms with Gasteiger partial charge in [0, 0.05) is 44.4 Å². The molecule has 0 unspecified atom stereocenters. The van der Waals surface area contributed by atoms with E-state index in [0.29, 0.717) is 23.8 Å². The minimum Gasteiger partial charge on any atom is -0.458 e. The van der Waals surface area contributed by atoms with Crippen molar-refractivity contribution in [3.05, 3.63) is 69.8 Å². The third kappa shape index (κ3) is 5.40. The summed E-state index contributed by atoms with van der Waals surface area (Å²) in [6, 6.07) is 7.66. The zero-order valence-electron chi connectivity index (χ0n) is 21.3. The van der Waals surface area contributed by atoms with Crippen molar-refractivity contribution in [1.82, 2.24) is 4.98 Å². The minimum absolute atomic E-state index is 0.0187. The molecule has 1 aromatic carbocycles. The summed E-state index contributed by atoms with van der Waals surface area (Å²) in [5, 5.41) is 14.9. The number of benzene rings is 1. The van der Waals surface area contributed by atoms with Gasteiger partial charge in [-0.3, -0.25) is 9.78 Å². The van der Waals surface area contributed by atoms with Gasteiger partial charge in [0.25, 0.3) is 0 Å². The second-order valence-electron chi connectivity index (χ2n) is 10.2. The van der Waals surface area contributed by atoms with Crippen LogP contribution in [0.25, 0.3) is 37.9 Å². The molecule has 1 aliphatic heterocycles. The van der Waals surface area contributed by atoms with Crippen molar-refractivity contribution >= 4 is 45.6 Å². The van der Waals surface area contributed by atoms with E-state index in [1.54, 1.807) is 41.0 Å². The number of fused-ring (bicyclic) bond motifs is 1. The van der Waals surface area contributed by atoms with Gasteiger partial charge in [0.15, 0.2) is 0 Å². The molecule has 1 N–H and O–H groups in total. The van der Waals surface area contributed by atoms with E-state index in [1.807, 2.05) is 12.1 Å². The standard InChI is InChI=1S/C30H30FNO3S2/c1-16(2)19-7-27(36-14-19)23-12-26-24(11-25(23)31)30(28-8-20(15-37-28)17(3)4)18(13-32-26)5-6-22-9-21(33)10-29(34)35-22/h5-8,11-17,21-22,33H,9-10H2,1-4H3/t21-,22-/m1/s1. The molecule has 4 nitrogen and oxygen atoms in total. The number of thiophene rings is 2. The number of rotatable bonds is 6. The SMILES string of the molecule is CC(C)c1csc(-c2cc3ncc(C=C[C@@H]4C[C@@H](O)CC(=O)O4)c(-c4cc(C(C)C)cs4)c3cc2F)c1. The van der Waals surface area contributed by atoms with E-state index in [1.165, 1.54) is 11.1 Å². The Labute approximate surface area is 224 Å². The van der Waals surface area contributed by atoms with Crippen LogP contribution in [0.1, 0.15) is 69.1 Å². The molecule has 4 aromatic rings. The predicted octanol–water partition coefficient (Wildman–Crippen LogP) is 8.16. The van der Waals surface area contributed by atoms with Gasteiger partial charge in [0.1, 0.15) is 11.9 Å². The maximum Gasteiger partial charge on any atom is 0.309 e. The number of halogens is 1. The summed E-state index contributed by atoms with van der Waals surface area (Å²) in [6.45, 7) is 8.57. The summed E-state index contributed by atoms with van der Waals surface area (Å²) in [5.41, 5.74) is 5.42. The van der Waals surface area contributed by atoms with E-state index in [2.05, 4.69) is 50.6 Å². The van der Waals surface area contributed by atoms with E-state index in [-0.39, 0.29) is 12.2 Å². The second-order valence-corrected chi connectivity index (χ2v) is 12.0. The lowest BCUT2D eigenvalue weighted by atomic mass is 9.97. The lowest BCUT2D eigenvalue weighted by Gasteiger charge is -2.23. The number of nitrogens with zero attached hydrogens (tertiary/aromatic N) is 1. The fraction of sp³-hybridized carbons (Fsp3) is 0.333. The monoisotopic (exact) mass is 535 g/mol. The van der Waals surface area contributed by atoms with E-state index in [4.69, 9.17) is 9.72 Å². The number of pyridine rings is 1. The largest absolute Gasteiger partial charge is 0.458 e. The molecule has 1 fully saturated rings. The first-order valence-corrected chi connectivity index (χ1v) is 14.3. The molecule has 0 bridgehead atoms. The molecule has 0 spiro atoms. The Hall–Kier alpha value is -2.87. The van der Waals surface area contributed by atoms with Gasteiger partial charge < -0.3 is 9.84 Å². The average molecular weight is 536 g/mol. The van der Waals surface area contributed by atoms with Crippen molar-refractivity contribution in [1.29, 1.82) is 0 Å². The molecule has 192 valence electrons. The molecule has 2 atom stereocenters. The number of carbonyl (C=O) groups is 1. The Kier molecular flexibility index (Phi) is 7.30. The lowest BCUT2D eigenvalue weighted by molar-refractivity contribution is -0.156. The molecule has 0 saturated carbocycles. The van der Waals surface area contributed by atoms with Gasteiger partial charge in [-0.15, -0.1) is 22.7 Å².